The van der Waals surface area contributed by atoms with Crippen molar-refractivity contribution in [2.45, 2.75) is 25.7 Å². The summed E-state index contributed by atoms with van der Waals surface area (Å²) in [6.45, 7) is 0.783. The zero-order valence-electron chi connectivity index (χ0n) is 10.6. The Kier molecular flexibility index (Phi) is 3.93. The molecule has 2 rings (SSSR count). The lowest BCUT2D eigenvalue weighted by molar-refractivity contribution is 0.0773. The number of rotatable bonds is 4. The van der Waals surface area contributed by atoms with Gasteiger partial charge in [0.1, 0.15) is 11.8 Å². The van der Waals surface area contributed by atoms with Gasteiger partial charge in [0.25, 0.3) is 5.91 Å². The van der Waals surface area contributed by atoms with Crippen LogP contribution in [0.1, 0.15) is 41.7 Å². The molecular weight excluding hydrogens is 226 g/mol. The van der Waals surface area contributed by atoms with E-state index in [1.807, 2.05) is 6.07 Å². The quantitative estimate of drug-likeness (QED) is 0.814. The highest BCUT2D eigenvalue weighted by atomic mass is 16.2. The molecule has 1 aromatic rings. The molecule has 0 atom stereocenters. The Morgan fingerprint density at radius 1 is 1.56 bits per heavy atom. The third-order valence-corrected chi connectivity index (χ3v) is 3.56. The number of hydrogen-bond donors (Lipinski definition) is 0. The van der Waals surface area contributed by atoms with Gasteiger partial charge in [-0.1, -0.05) is 19.3 Å². The Morgan fingerprint density at radius 3 is 2.83 bits per heavy atom. The summed E-state index contributed by atoms with van der Waals surface area (Å²) in [4.78, 5) is 17.8. The second-order valence-electron chi connectivity index (χ2n) is 4.86. The average Bonchev–Trinajstić information content (AvgIpc) is 2.36. The Hall–Kier alpha value is -1.89. The molecule has 1 amide bonds. The fourth-order valence-electron chi connectivity index (χ4n) is 2.04. The molecular formula is C14H17N3O. The standard InChI is InChI=1S/C14H17N3O/c1-17(8-7-11-3-2-4-11)14(18)13-6-5-12(9-15)10-16-13/h5-6,10-11H,2-4,7-8H2,1H3. The van der Waals surface area contributed by atoms with Crippen molar-refractivity contribution in [2.75, 3.05) is 13.6 Å². The van der Waals surface area contributed by atoms with Crippen LogP contribution in [0.25, 0.3) is 0 Å². The highest BCUT2D eigenvalue weighted by Gasteiger charge is 2.19. The van der Waals surface area contributed by atoms with Gasteiger partial charge >= 0.3 is 0 Å². The van der Waals surface area contributed by atoms with Crippen LogP contribution in [0.15, 0.2) is 18.3 Å². The highest BCUT2D eigenvalue weighted by molar-refractivity contribution is 5.92. The van der Waals surface area contributed by atoms with Crippen LogP contribution < -0.4 is 0 Å². The minimum atomic E-state index is -0.0705. The summed E-state index contributed by atoms with van der Waals surface area (Å²) < 4.78 is 0. The number of pyridine rings is 1. The van der Waals surface area contributed by atoms with Gasteiger partial charge in [0, 0.05) is 19.8 Å². The molecule has 0 saturated heterocycles. The highest BCUT2D eigenvalue weighted by Crippen LogP contribution is 2.29. The average molecular weight is 243 g/mol. The molecule has 1 fully saturated rings. The van der Waals surface area contributed by atoms with Crippen molar-refractivity contribution in [3.63, 3.8) is 0 Å². The van der Waals surface area contributed by atoms with Crippen LogP contribution in [0.5, 0.6) is 0 Å². The van der Waals surface area contributed by atoms with Crippen LogP contribution >= 0.6 is 0 Å². The minimum Gasteiger partial charge on any atom is -0.340 e. The summed E-state index contributed by atoms with van der Waals surface area (Å²) in [7, 11) is 1.81. The molecule has 1 saturated carbocycles. The van der Waals surface area contributed by atoms with Crippen LogP contribution in [0.4, 0.5) is 0 Å². The lowest BCUT2D eigenvalue weighted by atomic mass is 9.83. The van der Waals surface area contributed by atoms with E-state index in [1.54, 1.807) is 24.1 Å². The Labute approximate surface area is 107 Å². The van der Waals surface area contributed by atoms with E-state index in [1.165, 1.54) is 25.5 Å². The number of hydrogen-bond acceptors (Lipinski definition) is 3. The minimum absolute atomic E-state index is 0.0705. The van der Waals surface area contributed by atoms with E-state index >= 15 is 0 Å². The molecule has 4 nitrogen and oxygen atoms in total. The lowest BCUT2D eigenvalue weighted by Crippen LogP contribution is -2.30. The number of carbonyl (C=O) groups excluding carboxylic acids is 1. The predicted molar refractivity (Wildman–Crippen MR) is 67.9 cm³/mol. The summed E-state index contributed by atoms with van der Waals surface area (Å²) in [5.74, 6) is 0.730. The Morgan fingerprint density at radius 2 is 2.33 bits per heavy atom. The fourth-order valence-corrected chi connectivity index (χ4v) is 2.04. The van der Waals surface area contributed by atoms with Crippen LogP contribution in [-0.4, -0.2) is 29.4 Å². The first kappa shape index (κ1) is 12.6. The third kappa shape index (κ3) is 2.86. The number of amides is 1. The van der Waals surface area contributed by atoms with Gasteiger partial charge < -0.3 is 4.90 Å². The third-order valence-electron chi connectivity index (χ3n) is 3.56. The van der Waals surface area contributed by atoms with Gasteiger partial charge in [0.05, 0.1) is 5.56 Å². The fraction of sp³-hybridized carbons (Fsp3) is 0.500. The molecule has 0 radical (unpaired) electrons. The van der Waals surface area contributed by atoms with Crippen molar-refractivity contribution in [1.29, 1.82) is 5.26 Å². The van der Waals surface area contributed by atoms with Gasteiger partial charge in [0.2, 0.25) is 0 Å². The monoisotopic (exact) mass is 243 g/mol. The van der Waals surface area contributed by atoms with E-state index in [2.05, 4.69) is 4.98 Å². The first-order valence-electron chi connectivity index (χ1n) is 6.32. The Bertz CT molecular complexity index is 457. The molecule has 1 aliphatic carbocycles. The SMILES string of the molecule is CN(CCC1CCC1)C(=O)c1ccc(C#N)cn1. The van der Waals surface area contributed by atoms with Crippen LogP contribution in [0.2, 0.25) is 0 Å². The maximum absolute atomic E-state index is 12.0. The molecule has 0 aromatic carbocycles. The van der Waals surface area contributed by atoms with Crippen molar-refractivity contribution < 1.29 is 4.79 Å². The molecule has 0 unspecified atom stereocenters. The van der Waals surface area contributed by atoms with Gasteiger partial charge in [-0.2, -0.15) is 5.26 Å². The Balaban J connectivity index is 1.90. The summed E-state index contributed by atoms with van der Waals surface area (Å²) in [5.41, 5.74) is 0.883. The predicted octanol–water partition coefficient (Wildman–Crippen LogP) is 2.22. The summed E-state index contributed by atoms with van der Waals surface area (Å²) >= 11 is 0. The van der Waals surface area contributed by atoms with Crippen LogP contribution in [-0.2, 0) is 0 Å². The van der Waals surface area contributed by atoms with E-state index in [9.17, 15) is 4.79 Å². The van der Waals surface area contributed by atoms with Gasteiger partial charge in [-0.15, -0.1) is 0 Å². The molecule has 1 heterocycles. The number of nitrogens with zero attached hydrogens (tertiary/aromatic N) is 3. The molecule has 0 N–H and O–H groups in total. The van der Waals surface area contributed by atoms with Gasteiger partial charge in [-0.3, -0.25) is 4.79 Å². The number of aromatic nitrogens is 1. The van der Waals surface area contributed by atoms with Crippen LogP contribution in [0.3, 0.4) is 0 Å². The normalized spacial score (nSPS) is 14.7. The zero-order valence-corrected chi connectivity index (χ0v) is 10.6. The number of carbonyl (C=O) groups is 1. The molecule has 18 heavy (non-hydrogen) atoms. The molecule has 1 aliphatic rings. The first-order chi connectivity index (χ1) is 8.70. The van der Waals surface area contributed by atoms with Crippen LogP contribution in [0, 0.1) is 17.2 Å². The summed E-state index contributed by atoms with van der Waals surface area (Å²) in [6.07, 6.45) is 6.46. The second-order valence-corrected chi connectivity index (χ2v) is 4.86. The smallest absolute Gasteiger partial charge is 0.272 e. The van der Waals surface area contributed by atoms with Crippen molar-refractivity contribution in [3.05, 3.63) is 29.6 Å². The lowest BCUT2D eigenvalue weighted by Gasteiger charge is -2.27. The van der Waals surface area contributed by atoms with Gasteiger partial charge in [0.15, 0.2) is 0 Å². The molecule has 1 aromatic heterocycles. The van der Waals surface area contributed by atoms with Crippen molar-refractivity contribution >= 4 is 5.91 Å². The van der Waals surface area contributed by atoms with E-state index in [4.69, 9.17) is 5.26 Å². The van der Waals surface area contributed by atoms with Gasteiger partial charge in [-0.25, -0.2) is 4.98 Å². The second kappa shape index (κ2) is 5.63. The first-order valence-corrected chi connectivity index (χ1v) is 6.32. The maximum atomic E-state index is 12.0. The van der Waals surface area contributed by atoms with Gasteiger partial charge in [-0.05, 0) is 24.5 Å². The van der Waals surface area contributed by atoms with Crippen molar-refractivity contribution in [2.24, 2.45) is 5.92 Å². The molecule has 0 aliphatic heterocycles. The summed E-state index contributed by atoms with van der Waals surface area (Å²) in [6, 6.07) is 5.23. The topological polar surface area (TPSA) is 57.0 Å². The molecule has 0 spiro atoms. The largest absolute Gasteiger partial charge is 0.340 e. The van der Waals surface area contributed by atoms with Crippen molar-refractivity contribution in [1.82, 2.24) is 9.88 Å². The molecule has 94 valence electrons. The maximum Gasteiger partial charge on any atom is 0.272 e. The molecule has 0 bridgehead atoms. The molecule has 4 heteroatoms. The van der Waals surface area contributed by atoms with Crippen molar-refractivity contribution in [3.8, 4) is 6.07 Å². The van der Waals surface area contributed by atoms with E-state index in [-0.39, 0.29) is 5.91 Å². The van der Waals surface area contributed by atoms with E-state index < -0.39 is 0 Å². The van der Waals surface area contributed by atoms with E-state index in [0.717, 1.165) is 18.9 Å². The zero-order chi connectivity index (χ0) is 13.0. The number of nitriles is 1. The van der Waals surface area contributed by atoms with E-state index in [0.29, 0.717) is 11.3 Å². The summed E-state index contributed by atoms with van der Waals surface area (Å²) in [5, 5.41) is 8.67.